The molecule has 5 atom stereocenters. The number of unbranched alkanes of at least 4 members (excludes halogenated alkanes) is 1. The first-order valence-corrected chi connectivity index (χ1v) is 13.6. The lowest BCUT2D eigenvalue weighted by Crippen LogP contribution is -2.22. The van der Waals surface area contributed by atoms with Crippen molar-refractivity contribution in [1.29, 1.82) is 0 Å². The number of Topliss-reactive ketones (excluding diaryl/α,β-unsaturated/α-hetero) is 1. The molecule has 32 heavy (non-hydrogen) atoms. The second-order valence-corrected chi connectivity index (χ2v) is 11.6. The average Bonchev–Trinajstić information content (AvgIpc) is 2.94. The molecule has 5 nitrogen and oxygen atoms in total. The van der Waals surface area contributed by atoms with E-state index in [4.69, 9.17) is 0 Å². The van der Waals surface area contributed by atoms with Crippen LogP contribution in [0.2, 0.25) is 0 Å². The van der Waals surface area contributed by atoms with E-state index in [2.05, 4.69) is 0 Å². The number of benzene rings is 1. The number of hydrogen-bond donors (Lipinski definition) is 3. The number of hydrogen-bond acceptors (Lipinski definition) is 4. The largest absolute Gasteiger partial charge is 0.393 e. The third kappa shape index (κ3) is 9.62. The van der Waals surface area contributed by atoms with Gasteiger partial charge in [0.05, 0.1) is 12.2 Å². The van der Waals surface area contributed by atoms with Gasteiger partial charge in [0.25, 0.3) is 0 Å². The smallest absolute Gasteiger partial charge is 0.197 e. The van der Waals surface area contributed by atoms with Gasteiger partial charge in [-0.05, 0) is 75.0 Å². The van der Waals surface area contributed by atoms with Crippen molar-refractivity contribution in [3.8, 4) is 0 Å². The van der Waals surface area contributed by atoms with E-state index in [0.717, 1.165) is 6.07 Å². The number of aliphatic hydroxyl groups excluding tert-OH is 2. The highest BCUT2D eigenvalue weighted by Crippen LogP contribution is 2.37. The van der Waals surface area contributed by atoms with Gasteiger partial charge >= 0.3 is 0 Å². The predicted octanol–water partition coefficient (Wildman–Crippen LogP) is 4.62. The first-order valence-electron chi connectivity index (χ1n) is 11.3. The van der Waals surface area contributed by atoms with E-state index in [0.29, 0.717) is 56.9 Å². The normalized spacial score (nSPS) is 24.2. The number of ketones is 1. The second kappa shape index (κ2) is 12.7. The molecule has 1 aliphatic carbocycles. The number of carbonyl (C=O) groups is 1. The number of rotatable bonds is 13. The van der Waals surface area contributed by atoms with Crippen molar-refractivity contribution < 1.29 is 33.2 Å². The summed E-state index contributed by atoms with van der Waals surface area (Å²) in [6, 6.07) is 3.41. The molecule has 0 radical (unpaired) electrons. The van der Waals surface area contributed by atoms with E-state index in [9.17, 15) is 33.2 Å². The summed E-state index contributed by atoms with van der Waals surface area (Å²) in [7, 11) is -2.99. The number of carbonyl (C=O) groups excluding carboxylic acids is 1. The highest BCUT2D eigenvalue weighted by Gasteiger charge is 2.40. The van der Waals surface area contributed by atoms with Gasteiger partial charge in [0.15, 0.2) is 7.37 Å². The fourth-order valence-corrected chi connectivity index (χ4v) is 5.17. The summed E-state index contributed by atoms with van der Waals surface area (Å²) < 4.78 is 37.8. The Hall–Kier alpha value is -1.40. The van der Waals surface area contributed by atoms with Crippen LogP contribution in [0.1, 0.15) is 56.9 Å². The van der Waals surface area contributed by atoms with E-state index >= 15 is 0 Å². The molecular formula is C24H35F2O5P. The maximum Gasteiger partial charge on any atom is 0.197 e. The van der Waals surface area contributed by atoms with Crippen LogP contribution in [0.25, 0.3) is 0 Å². The number of halogens is 2. The van der Waals surface area contributed by atoms with Crippen LogP contribution >= 0.6 is 7.37 Å². The summed E-state index contributed by atoms with van der Waals surface area (Å²) in [6.45, 7) is 1.34. The molecule has 3 N–H and O–H groups in total. The first-order chi connectivity index (χ1) is 15.0. The molecule has 2 rings (SSSR count). The summed E-state index contributed by atoms with van der Waals surface area (Å²) >= 11 is 0. The molecule has 1 aromatic rings. The molecule has 180 valence electrons. The Balaban J connectivity index is 1.74. The van der Waals surface area contributed by atoms with Crippen LogP contribution in [0.4, 0.5) is 8.78 Å². The number of aliphatic hydroxyl groups is 2. The second-order valence-electron chi connectivity index (χ2n) is 9.03. The van der Waals surface area contributed by atoms with Crippen LogP contribution in [-0.4, -0.2) is 45.9 Å². The highest BCUT2D eigenvalue weighted by atomic mass is 31.2. The molecule has 0 bridgehead atoms. The van der Waals surface area contributed by atoms with Gasteiger partial charge in [0.1, 0.15) is 17.4 Å². The minimum absolute atomic E-state index is 0.0307. The SMILES string of the molecule is CP(=O)(O)CCC/C=C\C[C@H]1C(=O)C[C@@H](O)[C@@H]1CC[C@@H](O)CCCc1cc(F)cc(F)c1. The van der Waals surface area contributed by atoms with Crippen molar-refractivity contribution in [3.05, 3.63) is 47.5 Å². The minimum Gasteiger partial charge on any atom is -0.393 e. The van der Waals surface area contributed by atoms with Crippen LogP contribution < -0.4 is 0 Å². The van der Waals surface area contributed by atoms with Crippen molar-refractivity contribution >= 4 is 13.2 Å². The van der Waals surface area contributed by atoms with Gasteiger partial charge in [-0.3, -0.25) is 9.36 Å². The first kappa shape index (κ1) is 26.8. The van der Waals surface area contributed by atoms with Gasteiger partial charge in [-0.25, -0.2) is 8.78 Å². The Morgan fingerprint density at radius 3 is 2.50 bits per heavy atom. The Bertz CT molecular complexity index is 802. The molecule has 1 aliphatic rings. The average molecular weight is 473 g/mol. The van der Waals surface area contributed by atoms with E-state index in [-0.39, 0.29) is 30.2 Å². The van der Waals surface area contributed by atoms with Gasteiger partial charge in [-0.15, -0.1) is 0 Å². The number of aryl methyl sites for hydroxylation is 1. The van der Waals surface area contributed by atoms with E-state index in [1.54, 1.807) is 0 Å². The van der Waals surface area contributed by atoms with Gasteiger partial charge in [-0.2, -0.15) is 0 Å². The Morgan fingerprint density at radius 2 is 1.84 bits per heavy atom. The molecule has 8 heteroatoms. The number of allylic oxidation sites excluding steroid dienone is 2. The zero-order valence-electron chi connectivity index (χ0n) is 18.6. The van der Waals surface area contributed by atoms with Gasteiger partial charge in [-0.1, -0.05) is 12.2 Å². The molecule has 1 saturated carbocycles. The van der Waals surface area contributed by atoms with Crippen molar-refractivity contribution in [3.63, 3.8) is 0 Å². The monoisotopic (exact) mass is 472 g/mol. The molecule has 1 fully saturated rings. The van der Waals surface area contributed by atoms with Crippen molar-refractivity contribution in [2.75, 3.05) is 12.8 Å². The molecule has 1 aromatic carbocycles. The third-order valence-electron chi connectivity index (χ3n) is 6.09. The maximum atomic E-state index is 13.2. The third-order valence-corrected chi connectivity index (χ3v) is 7.24. The molecule has 0 spiro atoms. The maximum absolute atomic E-state index is 13.2. The highest BCUT2D eigenvalue weighted by molar-refractivity contribution is 7.57. The lowest BCUT2D eigenvalue weighted by molar-refractivity contribution is -0.121. The molecular weight excluding hydrogens is 437 g/mol. The topological polar surface area (TPSA) is 94.8 Å². The Kier molecular flexibility index (Phi) is 10.7. The molecule has 1 unspecified atom stereocenters. The van der Waals surface area contributed by atoms with Crippen molar-refractivity contribution in [1.82, 2.24) is 0 Å². The van der Waals surface area contributed by atoms with E-state index in [1.165, 1.54) is 18.8 Å². The summed E-state index contributed by atoms with van der Waals surface area (Å²) in [5.41, 5.74) is 0.555. The Labute approximate surface area is 189 Å². The molecule has 0 aliphatic heterocycles. The fraction of sp³-hybridized carbons (Fsp3) is 0.625. The van der Waals surface area contributed by atoms with Crippen molar-refractivity contribution in [2.24, 2.45) is 11.8 Å². The molecule has 0 saturated heterocycles. The molecule has 0 heterocycles. The van der Waals surface area contributed by atoms with Crippen LogP contribution in [0.5, 0.6) is 0 Å². The van der Waals surface area contributed by atoms with E-state index < -0.39 is 31.2 Å². The zero-order valence-corrected chi connectivity index (χ0v) is 19.5. The van der Waals surface area contributed by atoms with Gasteiger partial charge < -0.3 is 15.1 Å². The standard InChI is InChI=1S/C24H35F2O5P/c1-32(30,31)12-5-3-2-4-9-21-22(24(29)16-23(21)28)11-10-20(27)8-6-7-17-13-18(25)15-19(26)14-17/h2,4,13-15,20-22,24,27,29H,3,5-12,16H2,1H3,(H,30,31)/b4-2-/t20-,21+,22+,24+/m0/s1. The van der Waals surface area contributed by atoms with E-state index in [1.807, 2.05) is 12.2 Å². The molecule has 0 amide bonds. The van der Waals surface area contributed by atoms with Crippen LogP contribution in [-0.2, 0) is 15.8 Å². The molecule has 0 aromatic heterocycles. The zero-order chi connectivity index (χ0) is 23.7. The minimum atomic E-state index is -2.99. The summed E-state index contributed by atoms with van der Waals surface area (Å²) in [4.78, 5) is 21.6. The van der Waals surface area contributed by atoms with Crippen molar-refractivity contribution in [2.45, 2.75) is 70.0 Å². The van der Waals surface area contributed by atoms with Crippen LogP contribution in [0.15, 0.2) is 30.4 Å². The van der Waals surface area contributed by atoms with Crippen LogP contribution in [0, 0.1) is 23.5 Å². The van der Waals surface area contributed by atoms with Gasteiger partial charge in [0, 0.05) is 31.2 Å². The fourth-order valence-electron chi connectivity index (χ4n) is 4.41. The lowest BCUT2D eigenvalue weighted by atomic mass is 9.86. The quantitative estimate of drug-likeness (QED) is 0.221. The predicted molar refractivity (Wildman–Crippen MR) is 121 cm³/mol. The summed E-state index contributed by atoms with van der Waals surface area (Å²) in [5, 5.41) is 20.6. The lowest BCUT2D eigenvalue weighted by Gasteiger charge is -2.21. The Morgan fingerprint density at radius 1 is 1.16 bits per heavy atom. The van der Waals surface area contributed by atoms with Gasteiger partial charge in [0.2, 0.25) is 0 Å². The summed E-state index contributed by atoms with van der Waals surface area (Å²) in [6.07, 6.45) is 7.22. The summed E-state index contributed by atoms with van der Waals surface area (Å²) in [5.74, 6) is -1.67. The van der Waals surface area contributed by atoms with Crippen LogP contribution in [0.3, 0.4) is 0 Å².